The van der Waals surface area contributed by atoms with Gasteiger partial charge >= 0.3 is 0 Å². The summed E-state index contributed by atoms with van der Waals surface area (Å²) >= 11 is 0. The van der Waals surface area contributed by atoms with Crippen molar-refractivity contribution in [2.45, 2.75) is 70.5 Å². The van der Waals surface area contributed by atoms with E-state index in [0.29, 0.717) is 10.6 Å². The minimum Gasteiger partial charge on any atom is -0.417 e. The zero-order valence-corrected chi connectivity index (χ0v) is 15.2. The van der Waals surface area contributed by atoms with Crippen LogP contribution in [0.1, 0.15) is 27.2 Å². The fourth-order valence-electron chi connectivity index (χ4n) is 1.56. The lowest BCUT2D eigenvalue weighted by molar-refractivity contribution is 0.282. The van der Waals surface area contributed by atoms with E-state index in [-0.39, 0.29) is 0 Å². The van der Waals surface area contributed by atoms with Crippen LogP contribution >= 0.6 is 0 Å². The average Bonchev–Trinajstić information content (AvgIpc) is 2.08. The van der Waals surface area contributed by atoms with Crippen LogP contribution in [0.25, 0.3) is 0 Å². The van der Waals surface area contributed by atoms with E-state index in [1.807, 2.05) is 0 Å². The maximum Gasteiger partial charge on any atom is 0.191 e. The summed E-state index contributed by atoms with van der Waals surface area (Å²) in [5.41, 5.74) is 0.673. The van der Waals surface area contributed by atoms with Gasteiger partial charge in [-0.2, -0.15) is 0 Å². The quantitative estimate of drug-likeness (QED) is 0.471. The molecule has 0 aromatic rings. The van der Waals surface area contributed by atoms with Gasteiger partial charge in [0, 0.05) is 6.61 Å². The van der Waals surface area contributed by atoms with Crippen LogP contribution in [-0.4, -0.2) is 23.0 Å². The SMILES string of the molecule is C=CC(CCO[Si](C)(C)C(C)(C)C)[Si](C)(C)C. The zero-order valence-electron chi connectivity index (χ0n) is 13.2. The molecule has 0 amide bonds. The molecule has 0 aromatic heterocycles. The highest BCUT2D eigenvalue weighted by atomic mass is 28.4. The van der Waals surface area contributed by atoms with Gasteiger partial charge in [0.2, 0.25) is 0 Å². The molecule has 0 saturated carbocycles. The van der Waals surface area contributed by atoms with Crippen molar-refractivity contribution in [3.8, 4) is 0 Å². The second-order valence-corrected chi connectivity index (χ2v) is 17.9. The summed E-state index contributed by atoms with van der Waals surface area (Å²) in [7, 11) is -2.67. The first-order valence-corrected chi connectivity index (χ1v) is 13.2. The highest BCUT2D eigenvalue weighted by Crippen LogP contribution is 2.37. The largest absolute Gasteiger partial charge is 0.417 e. The summed E-state index contributed by atoms with van der Waals surface area (Å²) in [4.78, 5) is 0. The molecule has 102 valence electrons. The van der Waals surface area contributed by atoms with Crippen molar-refractivity contribution in [3.05, 3.63) is 12.7 Å². The lowest BCUT2D eigenvalue weighted by Gasteiger charge is -2.37. The predicted molar refractivity (Wildman–Crippen MR) is 85.1 cm³/mol. The van der Waals surface area contributed by atoms with Crippen LogP contribution in [0, 0.1) is 0 Å². The molecule has 0 N–H and O–H groups in total. The second-order valence-electron chi connectivity index (χ2n) is 7.61. The molecule has 3 heteroatoms. The van der Waals surface area contributed by atoms with Gasteiger partial charge in [-0.3, -0.25) is 0 Å². The van der Waals surface area contributed by atoms with Crippen molar-refractivity contribution in [2.24, 2.45) is 0 Å². The molecule has 0 radical (unpaired) electrons. The predicted octanol–water partition coefficient (Wildman–Crippen LogP) is 5.29. The summed E-state index contributed by atoms with van der Waals surface area (Å²) in [6, 6.07) is 0. The third kappa shape index (κ3) is 5.53. The molecule has 0 fully saturated rings. The first-order valence-electron chi connectivity index (χ1n) is 6.68. The highest BCUT2D eigenvalue weighted by Gasteiger charge is 2.37. The second kappa shape index (κ2) is 5.85. The van der Waals surface area contributed by atoms with Crippen LogP contribution in [0.2, 0.25) is 43.3 Å². The summed E-state index contributed by atoms with van der Waals surface area (Å²) in [6.45, 7) is 23.6. The fraction of sp³-hybridized carbons (Fsp3) is 0.857. The molecule has 0 heterocycles. The molecular formula is C14H32OSi2. The number of rotatable bonds is 6. The maximum absolute atomic E-state index is 6.23. The molecule has 0 saturated heterocycles. The number of allylic oxidation sites excluding steroid dienone is 1. The van der Waals surface area contributed by atoms with Gasteiger partial charge in [0.05, 0.1) is 8.07 Å². The Morgan fingerprint density at radius 2 is 1.59 bits per heavy atom. The Labute approximate surface area is 111 Å². The normalized spacial score (nSPS) is 15.8. The van der Waals surface area contributed by atoms with E-state index in [1.54, 1.807) is 0 Å². The van der Waals surface area contributed by atoms with Crippen molar-refractivity contribution < 1.29 is 4.43 Å². The first kappa shape index (κ1) is 17.1. The van der Waals surface area contributed by atoms with E-state index in [4.69, 9.17) is 4.43 Å². The minimum atomic E-state index is -1.56. The third-order valence-electron chi connectivity index (χ3n) is 4.09. The molecule has 1 unspecified atom stereocenters. The van der Waals surface area contributed by atoms with E-state index in [0.717, 1.165) is 13.0 Å². The third-order valence-corrected chi connectivity index (χ3v) is 11.4. The fourth-order valence-corrected chi connectivity index (χ4v) is 4.31. The van der Waals surface area contributed by atoms with Crippen molar-refractivity contribution in [2.75, 3.05) is 6.61 Å². The van der Waals surface area contributed by atoms with E-state index < -0.39 is 16.4 Å². The van der Waals surface area contributed by atoms with Crippen LogP contribution in [0.15, 0.2) is 12.7 Å². The van der Waals surface area contributed by atoms with Gasteiger partial charge in [0.15, 0.2) is 8.32 Å². The Morgan fingerprint density at radius 1 is 1.12 bits per heavy atom. The summed E-state index contributed by atoms with van der Waals surface area (Å²) in [5.74, 6) is 0. The van der Waals surface area contributed by atoms with Crippen LogP contribution in [0.4, 0.5) is 0 Å². The molecule has 17 heavy (non-hydrogen) atoms. The molecule has 0 aliphatic carbocycles. The number of hydrogen-bond acceptors (Lipinski definition) is 1. The zero-order chi connectivity index (χ0) is 13.9. The van der Waals surface area contributed by atoms with E-state index in [2.05, 4.69) is 66.2 Å². The highest BCUT2D eigenvalue weighted by molar-refractivity contribution is 6.78. The van der Waals surface area contributed by atoms with E-state index in [9.17, 15) is 0 Å². The van der Waals surface area contributed by atoms with Gasteiger partial charge < -0.3 is 4.43 Å². The van der Waals surface area contributed by atoms with E-state index >= 15 is 0 Å². The Kier molecular flexibility index (Phi) is 5.90. The van der Waals surface area contributed by atoms with Gasteiger partial charge in [-0.15, -0.1) is 6.58 Å². The van der Waals surface area contributed by atoms with Crippen LogP contribution in [-0.2, 0) is 4.43 Å². The van der Waals surface area contributed by atoms with Crippen molar-refractivity contribution in [3.63, 3.8) is 0 Å². The molecule has 0 rings (SSSR count). The Hall–Kier alpha value is 0.134. The smallest absolute Gasteiger partial charge is 0.191 e. The number of hydrogen-bond donors (Lipinski definition) is 0. The molecule has 0 aliphatic heterocycles. The first-order chi connectivity index (χ1) is 7.42. The summed E-state index contributed by atoms with van der Waals surface area (Å²) in [5, 5.41) is 0.315. The molecule has 1 atom stereocenters. The molecule has 0 aliphatic rings. The molecule has 1 nitrogen and oxygen atoms in total. The topological polar surface area (TPSA) is 9.23 Å². The Bertz CT molecular complexity index is 246. The summed E-state index contributed by atoms with van der Waals surface area (Å²) in [6.07, 6.45) is 3.28. The Morgan fingerprint density at radius 3 is 1.88 bits per heavy atom. The molecule has 0 bridgehead atoms. The lowest BCUT2D eigenvalue weighted by Crippen LogP contribution is -2.41. The van der Waals surface area contributed by atoms with Crippen LogP contribution in [0.3, 0.4) is 0 Å². The van der Waals surface area contributed by atoms with Crippen molar-refractivity contribution in [1.82, 2.24) is 0 Å². The summed E-state index contributed by atoms with van der Waals surface area (Å²) < 4.78 is 6.23. The molecule has 0 spiro atoms. The van der Waals surface area contributed by atoms with Crippen LogP contribution in [0.5, 0.6) is 0 Å². The minimum absolute atomic E-state index is 0.315. The Balaban J connectivity index is 4.29. The maximum atomic E-state index is 6.23. The molecular weight excluding hydrogens is 240 g/mol. The monoisotopic (exact) mass is 272 g/mol. The van der Waals surface area contributed by atoms with Gasteiger partial charge in [0.25, 0.3) is 0 Å². The lowest BCUT2D eigenvalue weighted by atomic mass is 10.2. The van der Waals surface area contributed by atoms with E-state index in [1.165, 1.54) is 0 Å². The van der Waals surface area contributed by atoms with Crippen molar-refractivity contribution >= 4 is 16.4 Å². The van der Waals surface area contributed by atoms with Crippen molar-refractivity contribution in [1.29, 1.82) is 0 Å². The average molecular weight is 273 g/mol. The van der Waals surface area contributed by atoms with Gasteiger partial charge in [-0.1, -0.05) is 46.5 Å². The molecule has 0 aromatic carbocycles. The van der Waals surface area contributed by atoms with Gasteiger partial charge in [0.1, 0.15) is 0 Å². The van der Waals surface area contributed by atoms with Gasteiger partial charge in [-0.25, -0.2) is 0 Å². The van der Waals surface area contributed by atoms with Gasteiger partial charge in [-0.05, 0) is 30.1 Å². The van der Waals surface area contributed by atoms with Crippen LogP contribution < -0.4 is 0 Å². The standard InChI is InChI=1S/C14H32OSi2/c1-10-13(16(5,6)7)11-12-15-17(8,9)14(2,3)4/h10,13H,1,11-12H2,2-9H3.